The summed E-state index contributed by atoms with van der Waals surface area (Å²) in [5.74, 6) is -0.709. The van der Waals surface area contributed by atoms with Gasteiger partial charge < -0.3 is 20.7 Å². The van der Waals surface area contributed by atoms with Crippen molar-refractivity contribution in [3.05, 3.63) is 29.8 Å². The molecular weight excluding hydrogens is 475 g/mol. The smallest absolute Gasteiger partial charge is 0.380 e. The first-order valence-corrected chi connectivity index (χ1v) is 12.5. The fourth-order valence-electron chi connectivity index (χ4n) is 5.94. The maximum absolute atomic E-state index is 14.0. The van der Waals surface area contributed by atoms with Gasteiger partial charge in [-0.25, -0.2) is 10.4 Å². The Morgan fingerprint density at radius 3 is 2.56 bits per heavy atom. The first kappa shape index (κ1) is 25.2. The van der Waals surface area contributed by atoms with Crippen molar-refractivity contribution < 1.29 is 22.7 Å². The number of hydrazine groups is 1. The van der Waals surface area contributed by atoms with Crippen LogP contribution in [-0.2, 0) is 9.53 Å². The van der Waals surface area contributed by atoms with E-state index in [0.29, 0.717) is 58.0 Å². The lowest BCUT2D eigenvalue weighted by molar-refractivity contribution is -0.187. The zero-order valence-electron chi connectivity index (χ0n) is 19.9. The fourth-order valence-corrected chi connectivity index (χ4v) is 5.94. The van der Waals surface area contributed by atoms with Crippen molar-refractivity contribution in [2.24, 2.45) is 11.8 Å². The van der Waals surface area contributed by atoms with Gasteiger partial charge in [-0.05, 0) is 30.5 Å². The maximum Gasteiger partial charge on any atom is 0.408 e. The highest BCUT2D eigenvalue weighted by Crippen LogP contribution is 2.39. The van der Waals surface area contributed by atoms with Crippen molar-refractivity contribution in [3.63, 3.8) is 0 Å². The minimum absolute atomic E-state index is 0.0866. The zero-order valence-corrected chi connectivity index (χ0v) is 19.9. The van der Waals surface area contributed by atoms with Gasteiger partial charge in [-0.1, -0.05) is 12.1 Å². The van der Waals surface area contributed by atoms with E-state index >= 15 is 0 Å². The summed E-state index contributed by atoms with van der Waals surface area (Å²) in [6.45, 7) is 3.21. The topological polar surface area (TPSA) is 105 Å². The Hall–Kier alpha value is -2.43. The average molecular weight is 508 g/mol. The molecule has 36 heavy (non-hydrogen) atoms. The molecule has 4 fully saturated rings. The van der Waals surface area contributed by atoms with E-state index in [2.05, 4.69) is 27.4 Å². The predicted octanol–water partition coefficient (Wildman–Crippen LogP) is 1.19. The number of piperidine rings is 1. The number of amides is 1. The molecule has 4 heterocycles. The van der Waals surface area contributed by atoms with Crippen molar-refractivity contribution in [3.8, 4) is 6.07 Å². The molecule has 0 aromatic heterocycles. The number of fused-ring (bicyclic) bond motifs is 1. The fraction of sp³-hybridized carbons (Fsp3) is 0.667. The van der Waals surface area contributed by atoms with Gasteiger partial charge in [-0.15, -0.1) is 0 Å². The quantitative estimate of drug-likeness (QED) is 0.471. The molecule has 0 saturated carbocycles. The number of hydrogen-bond acceptors (Lipinski definition) is 8. The Bertz CT molecular complexity index is 964. The van der Waals surface area contributed by atoms with Gasteiger partial charge in [0.15, 0.2) is 0 Å². The normalized spacial score (nSPS) is 32.8. The monoisotopic (exact) mass is 507 g/mol. The molecule has 196 valence electrons. The van der Waals surface area contributed by atoms with E-state index in [4.69, 9.17) is 4.74 Å². The molecule has 0 bridgehead atoms. The van der Waals surface area contributed by atoms with E-state index in [-0.39, 0.29) is 29.5 Å². The number of carbonyl (C=O) groups excluding carboxylic acids is 1. The van der Waals surface area contributed by atoms with E-state index in [1.165, 1.54) is 17.0 Å². The molecule has 4 N–H and O–H groups in total. The van der Waals surface area contributed by atoms with Gasteiger partial charge in [0, 0.05) is 51.1 Å². The number of alkyl halides is 3. The van der Waals surface area contributed by atoms with E-state index in [9.17, 15) is 23.2 Å². The van der Waals surface area contributed by atoms with Gasteiger partial charge in [0.05, 0.1) is 30.6 Å². The van der Waals surface area contributed by atoms with Crippen LogP contribution in [0.3, 0.4) is 0 Å². The van der Waals surface area contributed by atoms with E-state index in [1.807, 2.05) is 5.01 Å². The molecule has 4 aliphatic rings. The first-order valence-electron chi connectivity index (χ1n) is 12.5. The minimum Gasteiger partial charge on any atom is -0.380 e. The number of nitriles is 1. The van der Waals surface area contributed by atoms with Gasteiger partial charge in [-0.2, -0.15) is 18.4 Å². The summed E-state index contributed by atoms with van der Waals surface area (Å²) in [6.07, 6.45) is -3.48. The van der Waals surface area contributed by atoms with Crippen molar-refractivity contribution >= 4 is 11.6 Å². The van der Waals surface area contributed by atoms with Crippen LogP contribution < -0.4 is 21.4 Å². The molecule has 4 unspecified atom stereocenters. The van der Waals surface area contributed by atoms with E-state index in [0.717, 1.165) is 6.42 Å². The number of nitrogens with zero attached hydrogens (tertiary/aromatic N) is 3. The van der Waals surface area contributed by atoms with Crippen LogP contribution in [0.2, 0.25) is 0 Å². The highest BCUT2D eigenvalue weighted by atomic mass is 19.4. The van der Waals surface area contributed by atoms with Crippen LogP contribution in [0.5, 0.6) is 0 Å². The molecule has 4 saturated heterocycles. The summed E-state index contributed by atoms with van der Waals surface area (Å²) < 4.78 is 47.5. The van der Waals surface area contributed by atoms with Crippen LogP contribution >= 0.6 is 0 Å². The average Bonchev–Trinajstić information content (AvgIpc) is 3.24. The third kappa shape index (κ3) is 5.03. The molecule has 6 atom stereocenters. The number of piperazine rings is 1. The first-order chi connectivity index (χ1) is 17.4. The second-order valence-electron chi connectivity index (χ2n) is 9.85. The van der Waals surface area contributed by atoms with Crippen molar-refractivity contribution in [2.45, 2.75) is 43.3 Å². The Balaban J connectivity index is 1.34. The van der Waals surface area contributed by atoms with Crippen LogP contribution in [0.25, 0.3) is 0 Å². The number of hydrogen-bond donors (Lipinski definition) is 4. The Labute approximate surface area is 208 Å². The SMILES string of the molecule is N#C[C@H]1CCOC[C@@H]1N1NC(Nc2ccc(C(N3CCNCC3)C(F)(F)F)cc2)C2C(=O)NCCC21. The lowest BCUT2D eigenvalue weighted by Crippen LogP contribution is -2.56. The number of rotatable bonds is 5. The van der Waals surface area contributed by atoms with Gasteiger partial charge in [-0.3, -0.25) is 9.69 Å². The molecule has 0 radical (unpaired) electrons. The van der Waals surface area contributed by atoms with E-state index < -0.39 is 24.3 Å². The third-order valence-electron chi connectivity index (χ3n) is 7.69. The largest absolute Gasteiger partial charge is 0.408 e. The van der Waals surface area contributed by atoms with Crippen LogP contribution in [0.1, 0.15) is 24.4 Å². The Morgan fingerprint density at radius 2 is 1.86 bits per heavy atom. The molecule has 4 aliphatic heterocycles. The summed E-state index contributed by atoms with van der Waals surface area (Å²) in [4.78, 5) is 14.3. The maximum atomic E-state index is 14.0. The molecule has 5 rings (SSSR count). The van der Waals surface area contributed by atoms with E-state index in [1.54, 1.807) is 12.1 Å². The molecule has 9 nitrogen and oxygen atoms in total. The Morgan fingerprint density at radius 1 is 1.11 bits per heavy atom. The Kier molecular flexibility index (Phi) is 7.37. The molecule has 0 spiro atoms. The van der Waals surface area contributed by atoms with Crippen LogP contribution in [-0.4, -0.2) is 86.2 Å². The van der Waals surface area contributed by atoms with Crippen LogP contribution in [0, 0.1) is 23.2 Å². The summed E-state index contributed by atoms with van der Waals surface area (Å²) in [6, 6.07) is 6.72. The highest BCUT2D eigenvalue weighted by Gasteiger charge is 2.51. The number of anilines is 1. The number of ether oxygens (including phenoxy) is 1. The van der Waals surface area contributed by atoms with Crippen LogP contribution in [0.4, 0.5) is 18.9 Å². The lowest BCUT2D eigenvalue weighted by atomic mass is 9.88. The molecule has 0 aliphatic carbocycles. The van der Waals surface area contributed by atoms with Crippen molar-refractivity contribution in [1.29, 1.82) is 5.26 Å². The molecular formula is C24H32F3N7O2. The molecule has 1 amide bonds. The number of halogens is 3. The summed E-state index contributed by atoms with van der Waals surface area (Å²) in [5, 5.41) is 21.0. The minimum atomic E-state index is -4.38. The van der Waals surface area contributed by atoms with Crippen molar-refractivity contribution in [1.82, 2.24) is 26.0 Å². The van der Waals surface area contributed by atoms with Gasteiger partial charge in [0.1, 0.15) is 12.2 Å². The highest BCUT2D eigenvalue weighted by molar-refractivity contribution is 5.82. The molecule has 1 aromatic carbocycles. The van der Waals surface area contributed by atoms with Gasteiger partial charge in [0.2, 0.25) is 5.91 Å². The van der Waals surface area contributed by atoms with Gasteiger partial charge in [0.25, 0.3) is 0 Å². The standard InChI is InChI=1S/C24H32F3N7O2/c25-24(26,27)21(33-10-8-29-9-11-33)15-1-3-17(4-2-15)31-22-20-18(5-7-30-23(20)35)34(32-22)19-14-36-12-6-16(19)13-28/h1-4,16,18-22,29,31-32H,5-12,14H2,(H,30,35)/t16-,18?,19+,20?,21?,22?/m1/s1. The lowest BCUT2D eigenvalue weighted by Gasteiger charge is -2.39. The zero-order chi connectivity index (χ0) is 25.3. The number of nitrogens with one attached hydrogen (secondary N) is 4. The number of carbonyl (C=O) groups is 1. The van der Waals surface area contributed by atoms with Gasteiger partial charge >= 0.3 is 6.18 Å². The predicted molar refractivity (Wildman–Crippen MR) is 125 cm³/mol. The summed E-state index contributed by atoms with van der Waals surface area (Å²) in [7, 11) is 0. The number of benzene rings is 1. The molecule has 1 aromatic rings. The van der Waals surface area contributed by atoms with Crippen molar-refractivity contribution in [2.75, 3.05) is 51.3 Å². The van der Waals surface area contributed by atoms with Crippen LogP contribution in [0.15, 0.2) is 24.3 Å². The second kappa shape index (κ2) is 10.5. The summed E-state index contributed by atoms with van der Waals surface area (Å²) >= 11 is 0. The molecule has 12 heteroatoms. The third-order valence-corrected chi connectivity index (χ3v) is 7.69. The summed E-state index contributed by atoms with van der Waals surface area (Å²) in [5.41, 5.74) is 4.21. The second-order valence-corrected chi connectivity index (χ2v) is 9.85.